The van der Waals surface area contributed by atoms with Gasteiger partial charge >= 0.3 is 6.18 Å². The monoisotopic (exact) mass is 309 g/mol. The van der Waals surface area contributed by atoms with Crippen molar-refractivity contribution in [3.63, 3.8) is 0 Å². The molecule has 0 atom stereocenters. The van der Waals surface area contributed by atoms with Gasteiger partial charge in [0.15, 0.2) is 0 Å². The van der Waals surface area contributed by atoms with Gasteiger partial charge < -0.3 is 10.1 Å². The molecule has 2 rings (SSSR count). The lowest BCUT2D eigenvalue weighted by atomic mass is 10.1. The van der Waals surface area contributed by atoms with Crippen LogP contribution in [-0.2, 0) is 12.6 Å². The standard InChI is InChI=1S/C17H18F3NO/c1-21-11-3-5-13-4-2-6-16(12-13)22-15-9-7-14(8-10-15)17(18,19)20/h2,4,6-10,12,21H,3,5,11H2,1H3. The molecule has 0 spiro atoms. The van der Waals surface area contributed by atoms with Crippen molar-refractivity contribution in [2.75, 3.05) is 13.6 Å². The van der Waals surface area contributed by atoms with E-state index < -0.39 is 11.7 Å². The van der Waals surface area contributed by atoms with Crippen LogP contribution in [0.15, 0.2) is 48.5 Å². The number of aryl methyl sites for hydroxylation is 1. The van der Waals surface area contributed by atoms with E-state index in [1.165, 1.54) is 12.1 Å². The highest BCUT2D eigenvalue weighted by atomic mass is 19.4. The van der Waals surface area contributed by atoms with Crippen LogP contribution in [0.4, 0.5) is 13.2 Å². The fraction of sp³-hybridized carbons (Fsp3) is 0.294. The van der Waals surface area contributed by atoms with Gasteiger partial charge in [-0.15, -0.1) is 0 Å². The van der Waals surface area contributed by atoms with Crippen LogP contribution in [0.1, 0.15) is 17.5 Å². The molecule has 1 N–H and O–H groups in total. The van der Waals surface area contributed by atoms with Crippen LogP contribution in [-0.4, -0.2) is 13.6 Å². The van der Waals surface area contributed by atoms with Gasteiger partial charge in [-0.25, -0.2) is 0 Å². The van der Waals surface area contributed by atoms with Gasteiger partial charge in [0.05, 0.1) is 5.56 Å². The molecule has 0 unspecified atom stereocenters. The number of nitrogens with one attached hydrogen (secondary N) is 1. The molecule has 0 aliphatic rings. The van der Waals surface area contributed by atoms with Gasteiger partial charge in [-0.2, -0.15) is 13.2 Å². The Morgan fingerprint density at radius 1 is 1.00 bits per heavy atom. The quantitative estimate of drug-likeness (QED) is 0.784. The van der Waals surface area contributed by atoms with E-state index in [1.54, 1.807) is 6.07 Å². The molecule has 0 aromatic heterocycles. The maximum atomic E-state index is 12.5. The highest BCUT2D eigenvalue weighted by Crippen LogP contribution is 2.31. The van der Waals surface area contributed by atoms with E-state index in [0.29, 0.717) is 11.5 Å². The molecule has 0 saturated heterocycles. The largest absolute Gasteiger partial charge is 0.457 e. The maximum Gasteiger partial charge on any atom is 0.416 e. The first kappa shape index (κ1) is 16.4. The summed E-state index contributed by atoms with van der Waals surface area (Å²) in [4.78, 5) is 0. The Morgan fingerprint density at radius 2 is 1.73 bits per heavy atom. The summed E-state index contributed by atoms with van der Waals surface area (Å²) in [5.74, 6) is 1.02. The zero-order chi connectivity index (χ0) is 16.0. The van der Waals surface area contributed by atoms with Crippen LogP contribution >= 0.6 is 0 Å². The maximum absolute atomic E-state index is 12.5. The number of halogens is 3. The third kappa shape index (κ3) is 4.77. The predicted molar refractivity (Wildman–Crippen MR) is 80.2 cm³/mol. The number of alkyl halides is 3. The smallest absolute Gasteiger partial charge is 0.416 e. The summed E-state index contributed by atoms with van der Waals surface area (Å²) in [6.07, 6.45) is -2.39. The number of benzene rings is 2. The van der Waals surface area contributed by atoms with Gasteiger partial charge in [-0.05, 0) is 68.4 Å². The van der Waals surface area contributed by atoms with Crippen LogP contribution in [0.3, 0.4) is 0 Å². The van der Waals surface area contributed by atoms with Crippen molar-refractivity contribution in [3.8, 4) is 11.5 Å². The summed E-state index contributed by atoms with van der Waals surface area (Å²) in [7, 11) is 1.91. The average Bonchev–Trinajstić information content (AvgIpc) is 2.48. The highest BCUT2D eigenvalue weighted by Gasteiger charge is 2.30. The lowest BCUT2D eigenvalue weighted by molar-refractivity contribution is -0.137. The number of ether oxygens (including phenoxy) is 1. The summed E-state index contributed by atoms with van der Waals surface area (Å²) < 4.78 is 43.1. The first-order valence-electron chi connectivity index (χ1n) is 7.08. The lowest BCUT2D eigenvalue weighted by Crippen LogP contribution is -2.08. The Morgan fingerprint density at radius 3 is 2.36 bits per heavy atom. The molecule has 2 aromatic rings. The molecule has 118 valence electrons. The van der Waals surface area contributed by atoms with E-state index >= 15 is 0 Å². The number of hydrogen-bond acceptors (Lipinski definition) is 2. The van der Waals surface area contributed by atoms with Crippen molar-refractivity contribution in [1.29, 1.82) is 0 Å². The van der Waals surface area contributed by atoms with Crippen molar-refractivity contribution >= 4 is 0 Å². The summed E-state index contributed by atoms with van der Waals surface area (Å²) in [6.45, 7) is 0.935. The average molecular weight is 309 g/mol. The Balaban J connectivity index is 2.02. The van der Waals surface area contributed by atoms with E-state index in [-0.39, 0.29) is 0 Å². The molecular weight excluding hydrogens is 291 g/mol. The minimum atomic E-state index is -4.33. The molecule has 22 heavy (non-hydrogen) atoms. The van der Waals surface area contributed by atoms with Crippen molar-refractivity contribution in [3.05, 3.63) is 59.7 Å². The second-order valence-corrected chi connectivity index (χ2v) is 4.98. The van der Waals surface area contributed by atoms with Gasteiger partial charge in [-0.3, -0.25) is 0 Å². The molecule has 0 heterocycles. The fourth-order valence-electron chi connectivity index (χ4n) is 2.08. The topological polar surface area (TPSA) is 21.3 Å². The van der Waals surface area contributed by atoms with E-state index in [9.17, 15) is 13.2 Å². The van der Waals surface area contributed by atoms with Crippen molar-refractivity contribution < 1.29 is 17.9 Å². The van der Waals surface area contributed by atoms with Crippen molar-refractivity contribution in [2.45, 2.75) is 19.0 Å². The predicted octanol–water partition coefficient (Wildman–Crippen LogP) is 4.65. The zero-order valence-corrected chi connectivity index (χ0v) is 12.3. The fourth-order valence-corrected chi connectivity index (χ4v) is 2.08. The van der Waals surface area contributed by atoms with E-state index in [2.05, 4.69) is 5.32 Å². The SMILES string of the molecule is CNCCCc1cccc(Oc2ccc(C(F)(F)F)cc2)c1. The molecule has 0 radical (unpaired) electrons. The van der Waals surface area contributed by atoms with Gasteiger partial charge in [0.2, 0.25) is 0 Å². The van der Waals surface area contributed by atoms with Gasteiger partial charge in [0.1, 0.15) is 11.5 Å². The Bertz CT molecular complexity index is 594. The second-order valence-electron chi connectivity index (χ2n) is 4.98. The minimum Gasteiger partial charge on any atom is -0.457 e. The first-order valence-corrected chi connectivity index (χ1v) is 7.08. The summed E-state index contributed by atoms with van der Waals surface area (Å²) >= 11 is 0. The first-order chi connectivity index (χ1) is 10.5. The molecule has 0 aliphatic heterocycles. The summed E-state index contributed by atoms with van der Waals surface area (Å²) in [5, 5.41) is 3.09. The van der Waals surface area contributed by atoms with Crippen LogP contribution in [0.25, 0.3) is 0 Å². The van der Waals surface area contributed by atoms with Gasteiger partial charge in [-0.1, -0.05) is 12.1 Å². The Hall–Kier alpha value is -2.01. The van der Waals surface area contributed by atoms with Crippen LogP contribution < -0.4 is 10.1 Å². The van der Waals surface area contributed by atoms with E-state index in [4.69, 9.17) is 4.74 Å². The zero-order valence-electron chi connectivity index (χ0n) is 12.3. The number of hydrogen-bond donors (Lipinski definition) is 1. The molecular formula is C17H18F3NO. The Labute approximate surface area is 127 Å². The molecule has 5 heteroatoms. The molecule has 0 saturated carbocycles. The van der Waals surface area contributed by atoms with Crippen LogP contribution in [0.5, 0.6) is 11.5 Å². The van der Waals surface area contributed by atoms with E-state index in [0.717, 1.165) is 37.1 Å². The minimum absolute atomic E-state index is 0.389. The van der Waals surface area contributed by atoms with Gasteiger partial charge in [0.25, 0.3) is 0 Å². The summed E-state index contributed by atoms with van der Waals surface area (Å²) in [5.41, 5.74) is 0.459. The third-order valence-corrected chi connectivity index (χ3v) is 3.21. The molecule has 0 fully saturated rings. The number of rotatable bonds is 6. The normalized spacial score (nSPS) is 11.5. The van der Waals surface area contributed by atoms with Crippen molar-refractivity contribution in [2.24, 2.45) is 0 Å². The molecule has 0 bridgehead atoms. The molecule has 2 nitrogen and oxygen atoms in total. The van der Waals surface area contributed by atoms with Gasteiger partial charge in [0, 0.05) is 0 Å². The van der Waals surface area contributed by atoms with E-state index in [1.807, 2.05) is 25.2 Å². The molecule has 0 amide bonds. The Kier molecular flexibility index (Phi) is 5.44. The summed E-state index contributed by atoms with van der Waals surface area (Å²) in [6, 6.07) is 12.3. The highest BCUT2D eigenvalue weighted by molar-refractivity contribution is 5.35. The third-order valence-electron chi connectivity index (χ3n) is 3.21. The van der Waals surface area contributed by atoms with Crippen LogP contribution in [0, 0.1) is 0 Å². The molecule has 2 aromatic carbocycles. The van der Waals surface area contributed by atoms with Crippen LogP contribution in [0.2, 0.25) is 0 Å². The second kappa shape index (κ2) is 7.31. The van der Waals surface area contributed by atoms with Crippen molar-refractivity contribution in [1.82, 2.24) is 5.32 Å². The lowest BCUT2D eigenvalue weighted by Gasteiger charge is -2.10. The molecule has 0 aliphatic carbocycles.